The minimum atomic E-state index is -0.485. The summed E-state index contributed by atoms with van der Waals surface area (Å²) in [7, 11) is 3.03. The molecule has 2 heterocycles. The van der Waals surface area contributed by atoms with Crippen molar-refractivity contribution in [2.24, 2.45) is 0 Å². The molecule has 0 aliphatic heterocycles. The molecule has 1 N–H and O–H groups in total. The molecule has 0 radical (unpaired) electrons. The molecule has 10 heteroatoms. The summed E-state index contributed by atoms with van der Waals surface area (Å²) in [6.07, 6.45) is 0. The number of carbonyl (C=O) groups excluding carboxylic acids is 1. The number of carbonyl (C=O) groups is 1. The van der Waals surface area contributed by atoms with Gasteiger partial charge in [0.15, 0.2) is 0 Å². The van der Waals surface area contributed by atoms with Crippen molar-refractivity contribution in [1.82, 2.24) is 19.8 Å². The summed E-state index contributed by atoms with van der Waals surface area (Å²) in [5, 5.41) is 12.6. The lowest BCUT2D eigenvalue weighted by Crippen LogP contribution is -2.29. The Balaban J connectivity index is 1.74. The molecular weight excluding hydrogens is 346 g/mol. The molecule has 0 spiro atoms. The number of methoxy groups -OCH3 is 2. The summed E-state index contributed by atoms with van der Waals surface area (Å²) in [5.74, 6) is 0.654. The van der Waals surface area contributed by atoms with Gasteiger partial charge in [0.05, 0.1) is 14.2 Å². The number of ether oxygens (including phenoxy) is 2. The summed E-state index contributed by atoms with van der Waals surface area (Å²) in [6.45, 7) is -0.260. The van der Waals surface area contributed by atoms with E-state index in [1.165, 1.54) is 25.6 Å². The third kappa shape index (κ3) is 3.69. The number of anilines is 1. The summed E-state index contributed by atoms with van der Waals surface area (Å²) in [5.41, 5.74) is 0.000667. The van der Waals surface area contributed by atoms with E-state index in [2.05, 4.69) is 15.7 Å². The van der Waals surface area contributed by atoms with Gasteiger partial charge in [0, 0.05) is 23.9 Å². The number of hydrogen-bond acceptors (Lipinski definition) is 7. The Morgan fingerprint density at radius 2 is 1.92 bits per heavy atom. The Morgan fingerprint density at radius 1 is 1.20 bits per heavy atom. The number of tetrazole rings is 1. The average molecular weight is 361 g/mol. The fourth-order valence-corrected chi connectivity index (χ4v) is 2.79. The number of amides is 1. The van der Waals surface area contributed by atoms with Crippen molar-refractivity contribution < 1.29 is 14.3 Å². The standard InChI is InChI=1S/C15H15N5O4S/c1-23-11-6-10(7-12(8-11)24-2)16-13(21)9-19-15(22)20(18-17-19)14-4-3-5-25-14/h3-8H,9H2,1-2H3,(H,16,21). The Hall–Kier alpha value is -3.14. The van der Waals surface area contributed by atoms with Crippen LogP contribution in [-0.2, 0) is 11.3 Å². The van der Waals surface area contributed by atoms with E-state index in [9.17, 15) is 9.59 Å². The molecule has 0 saturated heterocycles. The van der Waals surface area contributed by atoms with Crippen molar-refractivity contribution >= 4 is 22.9 Å². The number of aromatic nitrogens is 4. The first-order valence-corrected chi connectivity index (χ1v) is 8.08. The molecule has 1 amide bonds. The molecule has 25 heavy (non-hydrogen) atoms. The van der Waals surface area contributed by atoms with Crippen LogP contribution in [0.3, 0.4) is 0 Å². The molecule has 0 aliphatic rings. The van der Waals surface area contributed by atoms with Gasteiger partial charge in [-0.05, 0) is 27.9 Å². The van der Waals surface area contributed by atoms with Crippen LogP contribution in [-0.4, -0.2) is 39.9 Å². The van der Waals surface area contributed by atoms with Gasteiger partial charge in [0.25, 0.3) is 0 Å². The van der Waals surface area contributed by atoms with E-state index in [-0.39, 0.29) is 6.54 Å². The number of nitrogens with zero attached hydrogens (tertiary/aromatic N) is 4. The molecule has 0 fully saturated rings. The third-order valence-electron chi connectivity index (χ3n) is 3.28. The molecule has 1 aromatic carbocycles. The Kier molecular flexibility index (Phi) is 4.80. The summed E-state index contributed by atoms with van der Waals surface area (Å²) >= 11 is 1.35. The third-order valence-corrected chi connectivity index (χ3v) is 4.13. The topological polar surface area (TPSA) is 100 Å². The number of benzene rings is 1. The van der Waals surface area contributed by atoms with E-state index >= 15 is 0 Å². The Labute approximate surface area is 146 Å². The van der Waals surface area contributed by atoms with Crippen LogP contribution in [0.2, 0.25) is 0 Å². The molecular formula is C15H15N5O4S. The van der Waals surface area contributed by atoms with Gasteiger partial charge in [-0.25, -0.2) is 4.79 Å². The van der Waals surface area contributed by atoms with E-state index < -0.39 is 11.6 Å². The smallest absolute Gasteiger partial charge is 0.369 e. The molecule has 0 atom stereocenters. The minimum absolute atomic E-state index is 0.260. The van der Waals surface area contributed by atoms with Crippen LogP contribution in [0.4, 0.5) is 5.69 Å². The summed E-state index contributed by atoms with van der Waals surface area (Å²) in [4.78, 5) is 24.4. The van der Waals surface area contributed by atoms with Gasteiger partial charge in [-0.1, -0.05) is 0 Å². The van der Waals surface area contributed by atoms with Crippen LogP contribution in [0.25, 0.3) is 5.00 Å². The van der Waals surface area contributed by atoms with Crippen LogP contribution in [0, 0.1) is 0 Å². The summed E-state index contributed by atoms with van der Waals surface area (Å²) < 4.78 is 12.4. The first kappa shape index (κ1) is 16.7. The largest absolute Gasteiger partial charge is 0.497 e. The van der Waals surface area contributed by atoms with Gasteiger partial charge >= 0.3 is 5.69 Å². The molecule has 9 nitrogen and oxygen atoms in total. The van der Waals surface area contributed by atoms with Crippen molar-refractivity contribution in [1.29, 1.82) is 0 Å². The van der Waals surface area contributed by atoms with E-state index in [1.807, 2.05) is 5.38 Å². The Morgan fingerprint density at radius 3 is 2.52 bits per heavy atom. The van der Waals surface area contributed by atoms with Crippen molar-refractivity contribution in [3.05, 3.63) is 46.2 Å². The van der Waals surface area contributed by atoms with E-state index in [0.29, 0.717) is 22.2 Å². The van der Waals surface area contributed by atoms with E-state index in [0.717, 1.165) is 9.36 Å². The zero-order valence-corrected chi connectivity index (χ0v) is 14.3. The van der Waals surface area contributed by atoms with Gasteiger partial charge in [0.2, 0.25) is 5.91 Å². The Bertz CT molecular complexity index is 910. The second-order valence-corrected chi connectivity index (χ2v) is 5.86. The summed E-state index contributed by atoms with van der Waals surface area (Å²) in [6, 6.07) is 8.52. The van der Waals surface area contributed by atoms with Crippen molar-refractivity contribution in [2.45, 2.75) is 6.54 Å². The zero-order chi connectivity index (χ0) is 17.8. The second-order valence-electron chi connectivity index (χ2n) is 4.93. The lowest BCUT2D eigenvalue weighted by Gasteiger charge is -2.09. The fraction of sp³-hybridized carbons (Fsp3) is 0.200. The molecule has 0 saturated carbocycles. The molecule has 130 valence electrons. The predicted octanol–water partition coefficient (Wildman–Crippen LogP) is 1.15. The SMILES string of the molecule is COc1cc(NC(=O)Cn2nnn(-c3cccs3)c2=O)cc(OC)c1. The number of hydrogen-bond donors (Lipinski definition) is 1. The first-order valence-electron chi connectivity index (χ1n) is 7.20. The maximum Gasteiger partial charge on any atom is 0.369 e. The van der Waals surface area contributed by atoms with Crippen LogP contribution < -0.4 is 20.5 Å². The molecule has 3 rings (SSSR count). The molecule has 2 aromatic heterocycles. The van der Waals surface area contributed by atoms with Crippen molar-refractivity contribution in [2.75, 3.05) is 19.5 Å². The van der Waals surface area contributed by atoms with Crippen molar-refractivity contribution in [3.8, 4) is 16.5 Å². The quantitative estimate of drug-likeness (QED) is 0.707. The van der Waals surface area contributed by atoms with E-state index in [1.54, 1.807) is 30.3 Å². The lowest BCUT2D eigenvalue weighted by atomic mass is 10.2. The molecule has 0 aliphatic carbocycles. The van der Waals surface area contributed by atoms with Gasteiger partial charge in [-0.2, -0.15) is 9.36 Å². The highest BCUT2D eigenvalue weighted by atomic mass is 32.1. The number of nitrogens with one attached hydrogen (secondary N) is 1. The maximum atomic E-state index is 12.2. The highest BCUT2D eigenvalue weighted by molar-refractivity contribution is 7.12. The van der Waals surface area contributed by atoms with Gasteiger partial charge in [-0.15, -0.1) is 11.3 Å². The molecule has 0 bridgehead atoms. The minimum Gasteiger partial charge on any atom is -0.497 e. The normalized spacial score (nSPS) is 10.5. The lowest BCUT2D eigenvalue weighted by molar-refractivity contribution is -0.117. The fourth-order valence-electron chi connectivity index (χ4n) is 2.12. The highest BCUT2D eigenvalue weighted by Gasteiger charge is 2.13. The molecule has 0 unspecified atom stereocenters. The molecule has 3 aromatic rings. The predicted molar refractivity (Wildman–Crippen MR) is 91.7 cm³/mol. The van der Waals surface area contributed by atoms with Crippen LogP contribution >= 0.6 is 11.3 Å². The van der Waals surface area contributed by atoms with Gasteiger partial charge in [-0.3, -0.25) is 4.79 Å². The number of rotatable bonds is 6. The van der Waals surface area contributed by atoms with Gasteiger partial charge < -0.3 is 14.8 Å². The second kappa shape index (κ2) is 7.18. The first-order chi connectivity index (χ1) is 12.1. The van der Waals surface area contributed by atoms with Crippen LogP contribution in [0.15, 0.2) is 40.5 Å². The zero-order valence-electron chi connectivity index (χ0n) is 13.5. The maximum absolute atomic E-state index is 12.2. The van der Waals surface area contributed by atoms with Crippen LogP contribution in [0.1, 0.15) is 0 Å². The number of thiophene rings is 1. The van der Waals surface area contributed by atoms with Crippen molar-refractivity contribution in [3.63, 3.8) is 0 Å². The average Bonchev–Trinajstić information content (AvgIpc) is 3.25. The monoisotopic (exact) mass is 361 g/mol. The van der Waals surface area contributed by atoms with Gasteiger partial charge in [0.1, 0.15) is 23.0 Å². The van der Waals surface area contributed by atoms with Crippen LogP contribution in [0.5, 0.6) is 11.5 Å². The van der Waals surface area contributed by atoms with E-state index in [4.69, 9.17) is 9.47 Å². The highest BCUT2D eigenvalue weighted by Crippen LogP contribution is 2.25.